The minimum absolute atomic E-state index is 0.129. The molecule has 0 aromatic heterocycles. The molecule has 0 aromatic carbocycles. The number of rotatable bonds is 5. The molecule has 0 aromatic rings. The second-order valence-corrected chi connectivity index (χ2v) is 6.25. The van der Waals surface area contributed by atoms with E-state index < -0.39 is 0 Å². The van der Waals surface area contributed by atoms with Gasteiger partial charge in [0.25, 0.3) is 0 Å². The van der Waals surface area contributed by atoms with E-state index in [0.29, 0.717) is 5.92 Å². The fourth-order valence-corrected chi connectivity index (χ4v) is 3.08. The number of nitrogens with two attached hydrogens (primary N) is 1. The third-order valence-electron chi connectivity index (χ3n) is 4.68. The van der Waals surface area contributed by atoms with Crippen LogP contribution < -0.4 is 11.1 Å². The molecule has 1 saturated carbocycles. The molecule has 20 heavy (non-hydrogen) atoms. The Bertz CT molecular complexity index is 305. The molecule has 1 amide bonds. The van der Waals surface area contributed by atoms with Crippen molar-refractivity contribution in [1.82, 2.24) is 10.2 Å². The minimum atomic E-state index is 0.129. The Morgan fingerprint density at radius 2 is 2.10 bits per heavy atom. The molecule has 3 unspecified atom stereocenters. The summed E-state index contributed by atoms with van der Waals surface area (Å²) in [5, 5.41) is 3.07. The van der Waals surface area contributed by atoms with E-state index in [9.17, 15) is 4.79 Å². The summed E-state index contributed by atoms with van der Waals surface area (Å²) in [6, 6.07) is 0.188. The SMILES string of the molecule is CC1CCC(C(=O)NCCCN2CCOCC2)CC1N. The van der Waals surface area contributed by atoms with Crippen LogP contribution in [0.4, 0.5) is 0 Å². The maximum Gasteiger partial charge on any atom is 0.223 e. The smallest absolute Gasteiger partial charge is 0.223 e. The summed E-state index contributed by atoms with van der Waals surface area (Å²) in [7, 11) is 0. The Morgan fingerprint density at radius 1 is 1.35 bits per heavy atom. The summed E-state index contributed by atoms with van der Waals surface area (Å²) in [5.74, 6) is 0.888. The van der Waals surface area contributed by atoms with Gasteiger partial charge in [-0.15, -0.1) is 0 Å². The van der Waals surface area contributed by atoms with Crippen molar-refractivity contribution in [3.63, 3.8) is 0 Å². The lowest BCUT2D eigenvalue weighted by Gasteiger charge is -2.31. The number of hydrogen-bond acceptors (Lipinski definition) is 4. The summed E-state index contributed by atoms with van der Waals surface area (Å²) in [6.45, 7) is 7.71. The van der Waals surface area contributed by atoms with Crippen molar-refractivity contribution in [2.24, 2.45) is 17.6 Å². The van der Waals surface area contributed by atoms with E-state index in [1.165, 1.54) is 0 Å². The summed E-state index contributed by atoms with van der Waals surface area (Å²) < 4.78 is 5.32. The first-order valence-corrected chi connectivity index (χ1v) is 8.00. The first-order valence-electron chi connectivity index (χ1n) is 8.00. The molecular weight excluding hydrogens is 254 g/mol. The van der Waals surface area contributed by atoms with Crippen molar-refractivity contribution in [2.75, 3.05) is 39.4 Å². The third-order valence-corrected chi connectivity index (χ3v) is 4.68. The third kappa shape index (κ3) is 4.72. The van der Waals surface area contributed by atoms with Gasteiger partial charge in [0, 0.05) is 31.6 Å². The predicted octanol–water partition coefficient (Wildman–Crippen LogP) is 0.588. The van der Waals surface area contributed by atoms with Crippen LogP contribution in [0.3, 0.4) is 0 Å². The number of morpholine rings is 1. The van der Waals surface area contributed by atoms with Crippen LogP contribution in [0.25, 0.3) is 0 Å². The van der Waals surface area contributed by atoms with E-state index in [0.717, 1.165) is 65.1 Å². The molecule has 5 heteroatoms. The highest BCUT2D eigenvalue weighted by Gasteiger charge is 2.29. The van der Waals surface area contributed by atoms with E-state index in [1.807, 2.05) is 0 Å². The molecule has 1 aliphatic heterocycles. The Hall–Kier alpha value is -0.650. The molecule has 5 nitrogen and oxygen atoms in total. The van der Waals surface area contributed by atoms with Crippen LogP contribution in [0.5, 0.6) is 0 Å². The summed E-state index contributed by atoms with van der Waals surface area (Å²) >= 11 is 0. The molecule has 3 atom stereocenters. The Labute approximate surface area is 122 Å². The van der Waals surface area contributed by atoms with E-state index in [1.54, 1.807) is 0 Å². The number of hydrogen-bond donors (Lipinski definition) is 2. The van der Waals surface area contributed by atoms with Gasteiger partial charge in [0.1, 0.15) is 0 Å². The molecule has 2 rings (SSSR count). The minimum Gasteiger partial charge on any atom is -0.379 e. The van der Waals surface area contributed by atoms with Gasteiger partial charge in [-0.2, -0.15) is 0 Å². The predicted molar refractivity (Wildman–Crippen MR) is 79.4 cm³/mol. The van der Waals surface area contributed by atoms with Crippen LogP contribution >= 0.6 is 0 Å². The zero-order valence-corrected chi connectivity index (χ0v) is 12.6. The highest BCUT2D eigenvalue weighted by Crippen LogP contribution is 2.27. The first-order chi connectivity index (χ1) is 9.66. The maximum atomic E-state index is 12.1. The maximum absolute atomic E-state index is 12.1. The zero-order valence-electron chi connectivity index (χ0n) is 12.6. The Balaban J connectivity index is 1.58. The number of nitrogens with zero attached hydrogens (tertiary/aromatic N) is 1. The number of amides is 1. The number of carbonyl (C=O) groups excluding carboxylic acids is 1. The van der Waals surface area contributed by atoms with Crippen molar-refractivity contribution >= 4 is 5.91 Å². The van der Waals surface area contributed by atoms with Gasteiger partial charge in [-0.25, -0.2) is 0 Å². The van der Waals surface area contributed by atoms with Gasteiger partial charge in [0.15, 0.2) is 0 Å². The van der Waals surface area contributed by atoms with Crippen LogP contribution in [-0.4, -0.2) is 56.2 Å². The van der Waals surface area contributed by atoms with E-state index in [-0.39, 0.29) is 17.9 Å². The van der Waals surface area contributed by atoms with Crippen molar-refractivity contribution in [3.8, 4) is 0 Å². The monoisotopic (exact) mass is 283 g/mol. The fraction of sp³-hybridized carbons (Fsp3) is 0.933. The highest BCUT2D eigenvalue weighted by atomic mass is 16.5. The number of carbonyl (C=O) groups is 1. The van der Waals surface area contributed by atoms with Crippen molar-refractivity contribution in [1.29, 1.82) is 0 Å². The van der Waals surface area contributed by atoms with Crippen LogP contribution in [0, 0.1) is 11.8 Å². The number of nitrogens with one attached hydrogen (secondary N) is 1. The van der Waals surface area contributed by atoms with Crippen LogP contribution in [0.2, 0.25) is 0 Å². The molecule has 1 saturated heterocycles. The van der Waals surface area contributed by atoms with Crippen LogP contribution in [0.15, 0.2) is 0 Å². The molecule has 3 N–H and O–H groups in total. The van der Waals surface area contributed by atoms with Crippen molar-refractivity contribution in [2.45, 2.75) is 38.6 Å². The molecule has 116 valence electrons. The largest absolute Gasteiger partial charge is 0.379 e. The van der Waals surface area contributed by atoms with Gasteiger partial charge < -0.3 is 15.8 Å². The summed E-state index contributed by atoms with van der Waals surface area (Å²) in [6.07, 6.45) is 3.93. The standard InChI is InChI=1S/C15H29N3O2/c1-12-3-4-13(11-14(12)16)15(19)17-5-2-6-18-7-9-20-10-8-18/h12-14H,2-11,16H2,1H3,(H,17,19). The lowest BCUT2D eigenvalue weighted by molar-refractivity contribution is -0.126. The van der Waals surface area contributed by atoms with Gasteiger partial charge in [0.2, 0.25) is 5.91 Å². The van der Waals surface area contributed by atoms with Gasteiger partial charge >= 0.3 is 0 Å². The van der Waals surface area contributed by atoms with Gasteiger partial charge in [-0.05, 0) is 38.1 Å². The molecule has 0 spiro atoms. The molecule has 2 fully saturated rings. The molecular formula is C15H29N3O2. The topological polar surface area (TPSA) is 67.6 Å². The van der Waals surface area contributed by atoms with Crippen LogP contribution in [0.1, 0.15) is 32.6 Å². The molecule has 2 aliphatic rings. The summed E-state index contributed by atoms with van der Waals surface area (Å²) in [5.41, 5.74) is 6.06. The average molecular weight is 283 g/mol. The normalized spacial score (nSPS) is 32.0. The average Bonchev–Trinajstić information content (AvgIpc) is 2.47. The second-order valence-electron chi connectivity index (χ2n) is 6.25. The van der Waals surface area contributed by atoms with E-state index >= 15 is 0 Å². The molecule has 1 aliphatic carbocycles. The lowest BCUT2D eigenvalue weighted by atomic mass is 9.79. The Morgan fingerprint density at radius 3 is 2.80 bits per heavy atom. The molecule has 0 bridgehead atoms. The molecule has 0 radical (unpaired) electrons. The van der Waals surface area contributed by atoms with Crippen molar-refractivity contribution in [3.05, 3.63) is 0 Å². The quantitative estimate of drug-likeness (QED) is 0.725. The highest BCUT2D eigenvalue weighted by molar-refractivity contribution is 5.78. The zero-order chi connectivity index (χ0) is 14.4. The van der Waals surface area contributed by atoms with Crippen LogP contribution in [-0.2, 0) is 9.53 Å². The summed E-state index contributed by atoms with van der Waals surface area (Å²) in [4.78, 5) is 14.5. The molecule has 1 heterocycles. The fourth-order valence-electron chi connectivity index (χ4n) is 3.08. The van der Waals surface area contributed by atoms with Gasteiger partial charge in [0.05, 0.1) is 13.2 Å². The van der Waals surface area contributed by atoms with E-state index in [2.05, 4.69) is 17.1 Å². The second kappa shape index (κ2) is 7.96. The van der Waals surface area contributed by atoms with Gasteiger partial charge in [-0.1, -0.05) is 6.92 Å². The lowest BCUT2D eigenvalue weighted by Crippen LogP contribution is -2.42. The first kappa shape index (κ1) is 15.7. The van der Waals surface area contributed by atoms with E-state index in [4.69, 9.17) is 10.5 Å². The van der Waals surface area contributed by atoms with Gasteiger partial charge in [-0.3, -0.25) is 9.69 Å². The Kier molecular flexibility index (Phi) is 6.26. The number of ether oxygens (including phenoxy) is 1. The van der Waals surface area contributed by atoms with Crippen molar-refractivity contribution < 1.29 is 9.53 Å².